The molecule has 0 saturated heterocycles. The Morgan fingerprint density at radius 3 is 3.00 bits per heavy atom. The minimum Gasteiger partial charge on any atom is -0.317 e. The van der Waals surface area contributed by atoms with E-state index in [0.29, 0.717) is 0 Å². The molecule has 3 unspecified atom stereocenters. The summed E-state index contributed by atoms with van der Waals surface area (Å²) in [7, 11) is 0. The smallest absolute Gasteiger partial charge is 0.00795 e. The van der Waals surface area contributed by atoms with Crippen LogP contribution in [0.2, 0.25) is 0 Å². The maximum atomic E-state index is 3.53. The molecule has 0 radical (unpaired) electrons. The topological polar surface area (TPSA) is 12.0 Å². The second-order valence-electron chi connectivity index (χ2n) is 5.11. The quantitative estimate of drug-likeness (QED) is 0.838. The van der Waals surface area contributed by atoms with Crippen molar-refractivity contribution in [3.8, 4) is 0 Å². The summed E-state index contributed by atoms with van der Waals surface area (Å²) in [6.07, 6.45) is 4.20. The van der Waals surface area contributed by atoms with Gasteiger partial charge >= 0.3 is 0 Å². The monoisotopic (exact) mass is 237 g/mol. The van der Waals surface area contributed by atoms with E-state index in [1.807, 2.05) is 11.3 Å². The molecule has 0 aliphatic heterocycles. The van der Waals surface area contributed by atoms with E-state index in [1.165, 1.54) is 25.8 Å². The lowest BCUT2D eigenvalue weighted by Crippen LogP contribution is -2.31. The Balaban J connectivity index is 2.03. The first-order valence-electron chi connectivity index (χ1n) is 6.55. The third kappa shape index (κ3) is 2.86. The highest BCUT2D eigenvalue weighted by Crippen LogP contribution is 2.41. The summed E-state index contributed by atoms with van der Waals surface area (Å²) in [5, 5.41) is 5.75. The largest absolute Gasteiger partial charge is 0.317 e. The van der Waals surface area contributed by atoms with Crippen LogP contribution in [-0.2, 0) is 0 Å². The molecule has 90 valence electrons. The first-order chi connectivity index (χ1) is 7.81. The summed E-state index contributed by atoms with van der Waals surface area (Å²) < 4.78 is 0. The van der Waals surface area contributed by atoms with Crippen LogP contribution in [0, 0.1) is 11.8 Å². The van der Waals surface area contributed by atoms with Crippen LogP contribution < -0.4 is 5.32 Å². The second-order valence-corrected chi connectivity index (χ2v) is 6.09. The number of thiophene rings is 1. The molecule has 1 N–H and O–H groups in total. The van der Waals surface area contributed by atoms with Gasteiger partial charge in [0.2, 0.25) is 0 Å². The molecule has 1 aromatic heterocycles. The zero-order valence-corrected chi connectivity index (χ0v) is 11.2. The molecule has 16 heavy (non-hydrogen) atoms. The van der Waals surface area contributed by atoms with Crippen molar-refractivity contribution in [3.63, 3.8) is 0 Å². The van der Waals surface area contributed by atoms with E-state index in [9.17, 15) is 0 Å². The number of rotatable bonds is 4. The van der Waals surface area contributed by atoms with E-state index in [0.717, 1.165) is 24.3 Å². The first-order valence-corrected chi connectivity index (χ1v) is 7.43. The van der Waals surface area contributed by atoms with Crippen molar-refractivity contribution < 1.29 is 0 Å². The Bertz CT molecular complexity index is 292. The molecule has 3 atom stereocenters. The van der Waals surface area contributed by atoms with Gasteiger partial charge in [0.1, 0.15) is 0 Å². The molecule has 1 heterocycles. The minimum absolute atomic E-state index is 0.808. The van der Waals surface area contributed by atoms with Crippen LogP contribution in [0.25, 0.3) is 0 Å². The highest BCUT2D eigenvalue weighted by Gasteiger charge is 2.29. The van der Waals surface area contributed by atoms with Crippen molar-refractivity contribution in [2.45, 2.75) is 39.0 Å². The predicted molar refractivity (Wildman–Crippen MR) is 72.1 cm³/mol. The van der Waals surface area contributed by atoms with Crippen LogP contribution in [0.5, 0.6) is 0 Å². The van der Waals surface area contributed by atoms with E-state index in [4.69, 9.17) is 0 Å². The molecule has 0 bridgehead atoms. The summed E-state index contributed by atoms with van der Waals surface area (Å²) in [5.41, 5.74) is 0. The molecule has 2 rings (SSSR count). The average molecular weight is 237 g/mol. The lowest BCUT2D eigenvalue weighted by atomic mass is 9.74. The van der Waals surface area contributed by atoms with Crippen molar-refractivity contribution in [1.82, 2.24) is 5.32 Å². The number of nitrogens with one attached hydrogen (secondary N) is 1. The summed E-state index contributed by atoms with van der Waals surface area (Å²) in [4.78, 5) is 1.61. The SMILES string of the molecule is CCNCC1CCC(C)CC1c1cccs1. The van der Waals surface area contributed by atoms with E-state index < -0.39 is 0 Å². The Hall–Kier alpha value is -0.340. The molecular weight excluding hydrogens is 214 g/mol. The Labute approximate surface area is 103 Å². The lowest BCUT2D eigenvalue weighted by Gasteiger charge is -2.34. The second kappa shape index (κ2) is 5.83. The molecule has 0 spiro atoms. The van der Waals surface area contributed by atoms with Gasteiger partial charge in [-0.15, -0.1) is 11.3 Å². The zero-order valence-electron chi connectivity index (χ0n) is 10.4. The fourth-order valence-corrected chi connectivity index (χ4v) is 3.80. The van der Waals surface area contributed by atoms with Gasteiger partial charge in [0.05, 0.1) is 0 Å². The van der Waals surface area contributed by atoms with Crippen LogP contribution in [0.1, 0.15) is 43.9 Å². The summed E-state index contributed by atoms with van der Waals surface area (Å²) in [6.45, 7) is 6.91. The minimum atomic E-state index is 0.808. The molecule has 0 amide bonds. The summed E-state index contributed by atoms with van der Waals surface area (Å²) in [6, 6.07) is 4.52. The maximum absolute atomic E-state index is 3.53. The van der Waals surface area contributed by atoms with Gasteiger partial charge in [-0.1, -0.05) is 26.3 Å². The summed E-state index contributed by atoms with van der Waals surface area (Å²) in [5.74, 6) is 2.57. The van der Waals surface area contributed by atoms with Crippen molar-refractivity contribution in [3.05, 3.63) is 22.4 Å². The molecule has 1 aromatic rings. The van der Waals surface area contributed by atoms with E-state index >= 15 is 0 Å². The first kappa shape index (κ1) is 12.1. The van der Waals surface area contributed by atoms with Crippen molar-refractivity contribution in [1.29, 1.82) is 0 Å². The highest BCUT2D eigenvalue weighted by atomic mass is 32.1. The number of hydrogen-bond acceptors (Lipinski definition) is 2. The Morgan fingerprint density at radius 2 is 2.31 bits per heavy atom. The maximum Gasteiger partial charge on any atom is 0.00795 e. The van der Waals surface area contributed by atoms with Crippen LogP contribution in [-0.4, -0.2) is 13.1 Å². The molecule has 1 aliphatic rings. The standard InChI is InChI=1S/C14H23NS/c1-3-15-10-12-7-6-11(2)9-13(12)14-5-4-8-16-14/h4-5,8,11-13,15H,3,6-7,9-10H2,1-2H3. The van der Waals surface area contributed by atoms with Gasteiger partial charge in [0, 0.05) is 4.88 Å². The average Bonchev–Trinajstić information content (AvgIpc) is 2.80. The normalized spacial score (nSPS) is 30.5. The molecule has 1 saturated carbocycles. The van der Waals surface area contributed by atoms with Crippen molar-refractivity contribution >= 4 is 11.3 Å². The lowest BCUT2D eigenvalue weighted by molar-refractivity contribution is 0.245. The van der Waals surface area contributed by atoms with Crippen molar-refractivity contribution in [2.75, 3.05) is 13.1 Å². The predicted octanol–water partition coefficient (Wildman–Crippen LogP) is 3.88. The van der Waals surface area contributed by atoms with Gasteiger partial charge in [0.25, 0.3) is 0 Å². The van der Waals surface area contributed by atoms with Gasteiger partial charge in [0.15, 0.2) is 0 Å². The van der Waals surface area contributed by atoms with Gasteiger partial charge in [-0.05, 0) is 55.1 Å². The van der Waals surface area contributed by atoms with Crippen LogP contribution in [0.15, 0.2) is 17.5 Å². The van der Waals surface area contributed by atoms with Crippen molar-refractivity contribution in [2.24, 2.45) is 11.8 Å². The van der Waals surface area contributed by atoms with Gasteiger partial charge < -0.3 is 5.32 Å². The molecule has 2 heteroatoms. The third-order valence-electron chi connectivity index (χ3n) is 3.82. The Morgan fingerprint density at radius 1 is 1.44 bits per heavy atom. The fraction of sp³-hybridized carbons (Fsp3) is 0.714. The molecule has 1 aliphatic carbocycles. The highest BCUT2D eigenvalue weighted by molar-refractivity contribution is 7.10. The van der Waals surface area contributed by atoms with Crippen LogP contribution in [0.4, 0.5) is 0 Å². The van der Waals surface area contributed by atoms with Crippen LogP contribution >= 0.6 is 11.3 Å². The molecule has 1 fully saturated rings. The van der Waals surface area contributed by atoms with E-state index in [2.05, 4.69) is 36.7 Å². The van der Waals surface area contributed by atoms with Gasteiger partial charge in [-0.3, -0.25) is 0 Å². The third-order valence-corrected chi connectivity index (χ3v) is 4.82. The summed E-state index contributed by atoms with van der Waals surface area (Å²) >= 11 is 1.94. The molecular formula is C14H23NS. The number of hydrogen-bond donors (Lipinski definition) is 1. The Kier molecular flexibility index (Phi) is 4.42. The van der Waals surface area contributed by atoms with E-state index in [1.54, 1.807) is 4.88 Å². The van der Waals surface area contributed by atoms with Crippen LogP contribution in [0.3, 0.4) is 0 Å². The van der Waals surface area contributed by atoms with Gasteiger partial charge in [-0.2, -0.15) is 0 Å². The fourth-order valence-electron chi connectivity index (χ4n) is 2.87. The van der Waals surface area contributed by atoms with Gasteiger partial charge in [-0.25, -0.2) is 0 Å². The molecule has 0 aromatic carbocycles. The zero-order chi connectivity index (χ0) is 11.4. The van der Waals surface area contributed by atoms with E-state index in [-0.39, 0.29) is 0 Å². The molecule has 1 nitrogen and oxygen atoms in total.